The van der Waals surface area contributed by atoms with Gasteiger partial charge >= 0.3 is 0 Å². The predicted octanol–water partition coefficient (Wildman–Crippen LogP) is 2.70. The van der Waals surface area contributed by atoms with Crippen molar-refractivity contribution in [3.63, 3.8) is 0 Å². The van der Waals surface area contributed by atoms with E-state index < -0.39 is 0 Å². The molecule has 118 valence electrons. The van der Waals surface area contributed by atoms with Crippen LogP contribution < -0.4 is 14.8 Å². The van der Waals surface area contributed by atoms with Gasteiger partial charge in [0.1, 0.15) is 6.10 Å². The Morgan fingerprint density at radius 1 is 1.14 bits per heavy atom. The van der Waals surface area contributed by atoms with E-state index in [0.717, 1.165) is 23.6 Å². The fraction of sp³-hybridized carbons (Fsp3) is 0.625. The minimum Gasteiger partial charge on any atom is -0.493 e. The van der Waals surface area contributed by atoms with Gasteiger partial charge in [-0.2, -0.15) is 0 Å². The molecule has 1 fully saturated rings. The third-order valence-electron chi connectivity index (χ3n) is 3.72. The van der Waals surface area contributed by atoms with Crippen molar-refractivity contribution < 1.29 is 18.9 Å². The smallest absolute Gasteiger partial charge is 0.162 e. The van der Waals surface area contributed by atoms with Crippen LogP contribution in [0.1, 0.15) is 20.3 Å². The minimum atomic E-state index is 0.0857. The van der Waals surface area contributed by atoms with E-state index >= 15 is 0 Å². The summed E-state index contributed by atoms with van der Waals surface area (Å²) in [5.74, 6) is 1.49. The van der Waals surface area contributed by atoms with Crippen molar-refractivity contribution in [3.05, 3.63) is 18.2 Å². The summed E-state index contributed by atoms with van der Waals surface area (Å²) >= 11 is 0. The number of ether oxygens (including phenoxy) is 4. The Hall–Kier alpha value is -1.46. The van der Waals surface area contributed by atoms with Crippen molar-refractivity contribution >= 4 is 5.69 Å². The van der Waals surface area contributed by atoms with Gasteiger partial charge in [0.05, 0.1) is 25.9 Å². The number of benzene rings is 1. The van der Waals surface area contributed by atoms with Gasteiger partial charge in [0.15, 0.2) is 11.5 Å². The van der Waals surface area contributed by atoms with Crippen LogP contribution in [0.5, 0.6) is 11.5 Å². The minimum absolute atomic E-state index is 0.0857. The molecule has 0 radical (unpaired) electrons. The van der Waals surface area contributed by atoms with Gasteiger partial charge in [-0.15, -0.1) is 0 Å². The fourth-order valence-corrected chi connectivity index (χ4v) is 2.66. The van der Waals surface area contributed by atoms with Crippen LogP contribution in [0, 0.1) is 0 Å². The van der Waals surface area contributed by atoms with Crippen molar-refractivity contribution in [1.29, 1.82) is 0 Å². The highest BCUT2D eigenvalue weighted by molar-refractivity contribution is 5.55. The van der Waals surface area contributed by atoms with Crippen molar-refractivity contribution in [2.24, 2.45) is 0 Å². The van der Waals surface area contributed by atoms with Gasteiger partial charge in [-0.3, -0.25) is 0 Å². The molecule has 5 nitrogen and oxygen atoms in total. The average molecular weight is 295 g/mol. The second-order valence-corrected chi connectivity index (χ2v) is 4.98. The molecule has 5 heteroatoms. The molecule has 1 aromatic rings. The zero-order chi connectivity index (χ0) is 15.2. The van der Waals surface area contributed by atoms with Crippen LogP contribution in [0.4, 0.5) is 5.69 Å². The van der Waals surface area contributed by atoms with Crippen LogP contribution in [-0.2, 0) is 9.47 Å². The molecule has 0 saturated heterocycles. The fourth-order valence-electron chi connectivity index (χ4n) is 2.66. The molecule has 0 bridgehead atoms. The third-order valence-corrected chi connectivity index (χ3v) is 3.72. The predicted molar refractivity (Wildman–Crippen MR) is 82.4 cm³/mol. The van der Waals surface area contributed by atoms with E-state index in [1.165, 1.54) is 0 Å². The van der Waals surface area contributed by atoms with E-state index in [1.807, 2.05) is 32.0 Å². The van der Waals surface area contributed by atoms with Crippen molar-refractivity contribution in [2.45, 2.75) is 38.5 Å². The molecule has 1 aliphatic rings. The summed E-state index contributed by atoms with van der Waals surface area (Å²) < 4.78 is 22.0. The highest BCUT2D eigenvalue weighted by Gasteiger charge is 2.42. The second kappa shape index (κ2) is 7.52. The lowest BCUT2D eigenvalue weighted by molar-refractivity contribution is -0.118. The largest absolute Gasteiger partial charge is 0.493 e. The summed E-state index contributed by atoms with van der Waals surface area (Å²) in [4.78, 5) is 0. The lowest BCUT2D eigenvalue weighted by Gasteiger charge is -2.43. The molecule has 0 aromatic heterocycles. The summed E-state index contributed by atoms with van der Waals surface area (Å²) in [5, 5.41) is 3.47. The average Bonchev–Trinajstić information content (AvgIpc) is 2.48. The van der Waals surface area contributed by atoms with E-state index in [0.29, 0.717) is 13.2 Å². The van der Waals surface area contributed by atoms with Gasteiger partial charge < -0.3 is 24.3 Å². The molecule has 1 aromatic carbocycles. The molecular formula is C16H25NO4. The molecule has 3 unspecified atom stereocenters. The Bertz CT molecular complexity index is 452. The Balaban J connectivity index is 2.00. The molecule has 0 aliphatic heterocycles. The van der Waals surface area contributed by atoms with Crippen LogP contribution in [0.15, 0.2) is 18.2 Å². The Morgan fingerprint density at radius 3 is 2.57 bits per heavy atom. The summed E-state index contributed by atoms with van der Waals surface area (Å²) in [5.41, 5.74) is 0.998. The van der Waals surface area contributed by atoms with Crippen molar-refractivity contribution in [3.8, 4) is 11.5 Å². The van der Waals surface area contributed by atoms with Gasteiger partial charge in [0.25, 0.3) is 0 Å². The first-order valence-corrected chi connectivity index (χ1v) is 7.45. The van der Waals surface area contributed by atoms with E-state index in [9.17, 15) is 0 Å². The molecule has 1 aliphatic carbocycles. The summed E-state index contributed by atoms with van der Waals surface area (Å²) in [7, 11) is 3.37. The Kier molecular flexibility index (Phi) is 5.70. The lowest BCUT2D eigenvalue weighted by Crippen LogP contribution is -2.56. The lowest BCUT2D eigenvalue weighted by atomic mass is 9.85. The first-order valence-electron chi connectivity index (χ1n) is 7.45. The first-order chi connectivity index (χ1) is 10.2. The van der Waals surface area contributed by atoms with Crippen molar-refractivity contribution in [1.82, 2.24) is 0 Å². The molecule has 2 rings (SSSR count). The number of hydrogen-bond donors (Lipinski definition) is 1. The van der Waals surface area contributed by atoms with Crippen LogP contribution >= 0.6 is 0 Å². The summed E-state index contributed by atoms with van der Waals surface area (Å²) in [6, 6.07) is 6.12. The van der Waals surface area contributed by atoms with Gasteiger partial charge in [0, 0.05) is 25.5 Å². The van der Waals surface area contributed by atoms with Gasteiger partial charge in [-0.1, -0.05) is 0 Å². The van der Waals surface area contributed by atoms with E-state index in [2.05, 4.69) is 5.32 Å². The Morgan fingerprint density at radius 2 is 1.95 bits per heavy atom. The second-order valence-electron chi connectivity index (χ2n) is 4.98. The van der Waals surface area contributed by atoms with E-state index in [-0.39, 0.29) is 18.2 Å². The molecule has 0 heterocycles. The highest BCUT2D eigenvalue weighted by atomic mass is 16.5. The maximum atomic E-state index is 5.64. The number of rotatable bonds is 8. The SMILES string of the molecule is CCOc1ccc(NC2CC(OCC)C2OC)cc1OC. The molecule has 1 saturated carbocycles. The maximum absolute atomic E-state index is 5.64. The molecular weight excluding hydrogens is 270 g/mol. The van der Waals surface area contributed by atoms with Crippen LogP contribution in [0.3, 0.4) is 0 Å². The zero-order valence-corrected chi connectivity index (χ0v) is 13.2. The van der Waals surface area contributed by atoms with E-state index in [1.54, 1.807) is 14.2 Å². The van der Waals surface area contributed by atoms with E-state index in [4.69, 9.17) is 18.9 Å². The van der Waals surface area contributed by atoms with Gasteiger partial charge in [0.2, 0.25) is 0 Å². The van der Waals surface area contributed by atoms with Gasteiger partial charge in [-0.05, 0) is 32.4 Å². The standard InChI is InChI=1S/C16H25NO4/c1-5-20-13-8-7-11(9-14(13)18-3)17-12-10-15(21-6-2)16(12)19-4/h7-9,12,15-17H,5-6,10H2,1-4H3. The molecule has 1 N–H and O–H groups in total. The molecule has 21 heavy (non-hydrogen) atoms. The number of nitrogens with one attached hydrogen (secondary N) is 1. The number of hydrogen-bond acceptors (Lipinski definition) is 5. The van der Waals surface area contributed by atoms with Gasteiger partial charge in [-0.25, -0.2) is 0 Å². The summed E-state index contributed by atoms with van der Waals surface area (Å²) in [6.07, 6.45) is 1.21. The third kappa shape index (κ3) is 3.60. The van der Waals surface area contributed by atoms with Crippen LogP contribution in [0.25, 0.3) is 0 Å². The van der Waals surface area contributed by atoms with Crippen molar-refractivity contribution in [2.75, 3.05) is 32.8 Å². The van der Waals surface area contributed by atoms with Crippen LogP contribution in [-0.4, -0.2) is 45.7 Å². The molecule has 0 amide bonds. The number of anilines is 1. The van der Waals surface area contributed by atoms with Crippen LogP contribution in [0.2, 0.25) is 0 Å². The normalized spacial score (nSPS) is 24.3. The Labute approximate surface area is 126 Å². The maximum Gasteiger partial charge on any atom is 0.162 e. The molecule has 0 spiro atoms. The topological polar surface area (TPSA) is 49.0 Å². The quantitative estimate of drug-likeness (QED) is 0.799. The summed E-state index contributed by atoms with van der Waals surface area (Å²) in [6.45, 7) is 5.30. The molecule has 3 atom stereocenters. The highest BCUT2D eigenvalue weighted by Crippen LogP contribution is 2.34. The monoisotopic (exact) mass is 295 g/mol. The first kappa shape index (κ1) is 15.9. The number of methoxy groups -OCH3 is 2. The zero-order valence-electron chi connectivity index (χ0n) is 13.2.